The van der Waals surface area contributed by atoms with Gasteiger partial charge in [0, 0.05) is 36.8 Å². The summed E-state index contributed by atoms with van der Waals surface area (Å²) in [6.07, 6.45) is 1.47. The van der Waals surface area contributed by atoms with Crippen molar-refractivity contribution >= 4 is 5.91 Å². The third-order valence-electron chi connectivity index (χ3n) is 6.56. The zero-order valence-corrected chi connectivity index (χ0v) is 17.7. The van der Waals surface area contributed by atoms with Crippen molar-refractivity contribution in [3.8, 4) is 16.9 Å². The van der Waals surface area contributed by atoms with E-state index < -0.39 is 0 Å². The first-order valence-corrected chi connectivity index (χ1v) is 10.8. The Balaban J connectivity index is 1.39. The number of benzene rings is 2. The molecule has 0 radical (unpaired) electrons. The number of ether oxygens (including phenoxy) is 1. The van der Waals surface area contributed by atoms with E-state index in [0.29, 0.717) is 31.0 Å². The van der Waals surface area contributed by atoms with E-state index in [9.17, 15) is 9.59 Å². The minimum absolute atomic E-state index is 0.0569. The first-order valence-electron chi connectivity index (χ1n) is 10.8. The Kier molecular flexibility index (Phi) is 5.10. The number of carbonyl (C=O) groups excluding carboxylic acids is 1. The number of hydrogen-bond acceptors (Lipinski definition) is 3. The predicted octanol–water partition coefficient (Wildman–Crippen LogP) is 3.71. The normalized spacial score (nSPS) is 19.6. The second-order valence-electron chi connectivity index (χ2n) is 8.58. The smallest absolute Gasteiger partial charge is 0.258 e. The zero-order valence-electron chi connectivity index (χ0n) is 17.7. The summed E-state index contributed by atoms with van der Waals surface area (Å²) in [4.78, 5) is 28.2. The van der Waals surface area contributed by atoms with Gasteiger partial charge in [-0.15, -0.1) is 0 Å². The summed E-state index contributed by atoms with van der Waals surface area (Å²) >= 11 is 0. The third kappa shape index (κ3) is 3.76. The molecule has 0 N–H and O–H groups in total. The van der Waals surface area contributed by atoms with Gasteiger partial charge in [0.2, 0.25) is 5.91 Å². The van der Waals surface area contributed by atoms with Crippen molar-refractivity contribution in [2.75, 3.05) is 20.2 Å². The highest BCUT2D eigenvalue weighted by Crippen LogP contribution is 2.36. The van der Waals surface area contributed by atoms with Crippen LogP contribution in [0.1, 0.15) is 23.6 Å². The lowest BCUT2D eigenvalue weighted by Crippen LogP contribution is -2.49. The Hall–Kier alpha value is -3.34. The lowest BCUT2D eigenvalue weighted by atomic mass is 9.82. The van der Waals surface area contributed by atoms with Gasteiger partial charge in [0.1, 0.15) is 5.75 Å². The molecule has 1 saturated heterocycles. The Morgan fingerprint density at radius 3 is 2.48 bits per heavy atom. The number of methoxy groups -OCH3 is 1. The molecule has 2 atom stereocenters. The number of rotatable bonds is 4. The fourth-order valence-electron chi connectivity index (χ4n) is 5.02. The van der Waals surface area contributed by atoms with E-state index in [-0.39, 0.29) is 17.4 Å². The first-order chi connectivity index (χ1) is 15.1. The van der Waals surface area contributed by atoms with Gasteiger partial charge in [-0.05, 0) is 47.7 Å². The zero-order chi connectivity index (χ0) is 21.4. The second-order valence-corrected chi connectivity index (χ2v) is 8.58. The molecule has 2 aliphatic rings. The summed E-state index contributed by atoms with van der Waals surface area (Å²) in [5.41, 5.74) is 3.76. The van der Waals surface area contributed by atoms with E-state index in [2.05, 4.69) is 6.07 Å². The van der Waals surface area contributed by atoms with Crippen LogP contribution in [0.25, 0.3) is 11.1 Å². The number of amides is 1. The van der Waals surface area contributed by atoms with Crippen molar-refractivity contribution in [1.82, 2.24) is 9.47 Å². The molecule has 1 fully saturated rings. The molecule has 2 unspecified atom stereocenters. The molecule has 5 rings (SSSR count). The number of fused-ring (bicyclic) bond motifs is 4. The van der Waals surface area contributed by atoms with Crippen molar-refractivity contribution in [2.24, 2.45) is 5.92 Å². The van der Waals surface area contributed by atoms with Crippen LogP contribution in [0.2, 0.25) is 0 Å². The van der Waals surface area contributed by atoms with Crippen LogP contribution >= 0.6 is 0 Å². The molecular formula is C26H26N2O3. The minimum atomic E-state index is 0.0569. The summed E-state index contributed by atoms with van der Waals surface area (Å²) in [6.45, 7) is 2.08. The lowest BCUT2D eigenvalue weighted by molar-refractivity contribution is -0.133. The summed E-state index contributed by atoms with van der Waals surface area (Å²) in [6, 6.07) is 21.5. The van der Waals surface area contributed by atoms with Crippen LogP contribution in [-0.4, -0.2) is 35.6 Å². The average molecular weight is 415 g/mol. The molecule has 1 aromatic heterocycles. The number of piperidine rings is 1. The standard InChI is InChI=1S/C26H26N2O3/c1-31-22-9-7-20(8-10-22)23-11-12-24-21-13-19(16-28(24)26(23)30)15-27(17-21)25(29)14-18-5-3-2-4-6-18/h2-12,19,21H,13-17H2,1H3. The van der Waals surface area contributed by atoms with E-state index in [1.807, 2.05) is 70.1 Å². The van der Waals surface area contributed by atoms with Gasteiger partial charge in [0.05, 0.1) is 13.5 Å². The fraction of sp³-hybridized carbons (Fsp3) is 0.308. The maximum absolute atomic E-state index is 13.3. The number of likely N-dealkylation sites (tertiary alicyclic amines) is 1. The highest BCUT2D eigenvalue weighted by Gasteiger charge is 2.36. The molecule has 1 amide bonds. The molecule has 158 valence electrons. The van der Waals surface area contributed by atoms with Crippen LogP contribution in [0.5, 0.6) is 5.75 Å². The lowest BCUT2D eigenvalue weighted by Gasteiger charge is -2.43. The Bertz CT molecular complexity index is 1150. The number of carbonyl (C=O) groups is 1. The first kappa shape index (κ1) is 19.6. The molecular weight excluding hydrogens is 388 g/mol. The van der Waals surface area contributed by atoms with Crippen molar-refractivity contribution < 1.29 is 9.53 Å². The summed E-state index contributed by atoms with van der Waals surface area (Å²) in [5, 5.41) is 0. The van der Waals surface area contributed by atoms with E-state index in [1.165, 1.54) is 0 Å². The van der Waals surface area contributed by atoms with Crippen molar-refractivity contribution in [3.63, 3.8) is 0 Å². The maximum atomic E-state index is 13.3. The SMILES string of the molecule is COc1ccc(-c2ccc3n(c2=O)CC2CC3CN(C(=O)Cc3ccccc3)C2)cc1. The van der Waals surface area contributed by atoms with Gasteiger partial charge < -0.3 is 14.2 Å². The van der Waals surface area contributed by atoms with Gasteiger partial charge in [-0.3, -0.25) is 9.59 Å². The number of pyridine rings is 1. The topological polar surface area (TPSA) is 51.5 Å². The molecule has 2 aliphatic heterocycles. The van der Waals surface area contributed by atoms with Gasteiger partial charge >= 0.3 is 0 Å². The second kappa shape index (κ2) is 8.06. The molecule has 3 heterocycles. The summed E-state index contributed by atoms with van der Waals surface area (Å²) in [7, 11) is 1.63. The van der Waals surface area contributed by atoms with E-state index in [0.717, 1.165) is 35.5 Å². The minimum Gasteiger partial charge on any atom is -0.497 e. The molecule has 2 aromatic carbocycles. The Morgan fingerprint density at radius 1 is 0.968 bits per heavy atom. The van der Waals surface area contributed by atoms with E-state index >= 15 is 0 Å². The molecule has 3 aromatic rings. The molecule has 5 nitrogen and oxygen atoms in total. The largest absolute Gasteiger partial charge is 0.497 e. The van der Waals surface area contributed by atoms with Gasteiger partial charge in [-0.2, -0.15) is 0 Å². The number of aromatic nitrogens is 1. The van der Waals surface area contributed by atoms with Crippen LogP contribution in [0, 0.1) is 5.92 Å². The van der Waals surface area contributed by atoms with E-state index in [1.54, 1.807) is 7.11 Å². The third-order valence-corrected chi connectivity index (χ3v) is 6.56. The van der Waals surface area contributed by atoms with Crippen molar-refractivity contribution in [3.05, 3.63) is 88.3 Å². The highest BCUT2D eigenvalue weighted by molar-refractivity contribution is 5.79. The number of hydrogen-bond donors (Lipinski definition) is 0. The molecule has 0 spiro atoms. The van der Waals surface area contributed by atoms with Crippen LogP contribution in [0.4, 0.5) is 0 Å². The van der Waals surface area contributed by atoms with Crippen LogP contribution in [-0.2, 0) is 17.8 Å². The van der Waals surface area contributed by atoms with Crippen LogP contribution in [0.3, 0.4) is 0 Å². The van der Waals surface area contributed by atoms with Gasteiger partial charge in [0.25, 0.3) is 5.56 Å². The van der Waals surface area contributed by atoms with E-state index in [4.69, 9.17) is 4.74 Å². The molecule has 5 heteroatoms. The average Bonchev–Trinajstić information content (AvgIpc) is 2.80. The Labute approximate surface area is 181 Å². The molecule has 2 bridgehead atoms. The highest BCUT2D eigenvalue weighted by atomic mass is 16.5. The quantitative estimate of drug-likeness (QED) is 0.654. The van der Waals surface area contributed by atoms with Crippen LogP contribution in [0.15, 0.2) is 71.5 Å². The summed E-state index contributed by atoms with van der Waals surface area (Å²) < 4.78 is 7.17. The van der Waals surface area contributed by atoms with Gasteiger partial charge in [0.15, 0.2) is 0 Å². The van der Waals surface area contributed by atoms with Crippen molar-refractivity contribution in [1.29, 1.82) is 0 Å². The fourth-order valence-corrected chi connectivity index (χ4v) is 5.02. The molecule has 31 heavy (non-hydrogen) atoms. The van der Waals surface area contributed by atoms with Gasteiger partial charge in [-0.1, -0.05) is 42.5 Å². The monoisotopic (exact) mass is 414 g/mol. The predicted molar refractivity (Wildman–Crippen MR) is 120 cm³/mol. The van der Waals surface area contributed by atoms with Gasteiger partial charge in [-0.25, -0.2) is 0 Å². The Morgan fingerprint density at radius 2 is 1.74 bits per heavy atom. The maximum Gasteiger partial charge on any atom is 0.258 e. The molecule has 0 saturated carbocycles. The summed E-state index contributed by atoms with van der Waals surface area (Å²) in [5.74, 6) is 1.47. The van der Waals surface area contributed by atoms with Crippen LogP contribution < -0.4 is 10.3 Å². The van der Waals surface area contributed by atoms with Crippen molar-refractivity contribution in [2.45, 2.75) is 25.3 Å². The molecule has 0 aliphatic carbocycles. The number of nitrogens with zero attached hydrogens (tertiary/aromatic N) is 2.